The Kier molecular flexibility index (Phi) is 38.4. The van der Waals surface area contributed by atoms with Crippen molar-refractivity contribution < 1.29 is 76.0 Å². The van der Waals surface area contributed by atoms with Crippen LogP contribution in [0.4, 0.5) is 19.2 Å². The summed E-state index contributed by atoms with van der Waals surface area (Å²) in [6.07, 6.45) is 0. The molecule has 0 heterocycles. The fourth-order valence-electron chi connectivity index (χ4n) is 3.01. The summed E-state index contributed by atoms with van der Waals surface area (Å²) in [6, 6.07) is 0. The van der Waals surface area contributed by atoms with E-state index in [2.05, 4.69) is 18.9 Å². The highest BCUT2D eigenvalue weighted by molar-refractivity contribution is 6.61. The van der Waals surface area contributed by atoms with E-state index < -0.39 is 27.1 Å². The van der Waals surface area contributed by atoms with Gasteiger partial charge < -0.3 is 56.8 Å². The van der Waals surface area contributed by atoms with Crippen LogP contribution in [0.2, 0.25) is 0 Å². The molecule has 0 aromatic heterocycles. The summed E-state index contributed by atoms with van der Waals surface area (Å²) in [5, 5.41) is 0. The van der Waals surface area contributed by atoms with Crippen LogP contribution in [0.1, 0.15) is 14.9 Å². The van der Waals surface area contributed by atoms with Crippen LogP contribution in [0.25, 0.3) is 0 Å². The second kappa shape index (κ2) is 36.0. The second-order valence-electron chi connectivity index (χ2n) is 8.50. The summed E-state index contributed by atoms with van der Waals surface area (Å²) >= 11 is 20.4. The molecule has 0 aliphatic carbocycles. The molecule has 0 bridgehead atoms. The Morgan fingerprint density at radius 3 is 0.681 bits per heavy atom. The van der Waals surface area contributed by atoms with Crippen molar-refractivity contribution in [1.29, 1.82) is 0 Å². The van der Waals surface area contributed by atoms with Crippen LogP contribution >= 0.6 is 46.4 Å². The van der Waals surface area contributed by atoms with E-state index in [9.17, 15) is 19.2 Å². The van der Waals surface area contributed by atoms with Crippen LogP contribution in [0, 0.1) is 5.41 Å². The zero-order valence-corrected chi connectivity index (χ0v) is 27.7. The van der Waals surface area contributed by atoms with E-state index in [1.165, 1.54) is 0 Å². The molecule has 0 N–H and O–H groups in total. The smallest absolute Gasteiger partial charge is 0.403 e. The number of hydrogen-bond acceptors (Lipinski definition) is 16. The highest BCUT2D eigenvalue weighted by Gasteiger charge is 2.32. The third kappa shape index (κ3) is 37.4. The van der Waals surface area contributed by atoms with Crippen molar-refractivity contribution in [2.24, 2.45) is 5.41 Å². The molecular weight excluding hydrogens is 722 g/mol. The minimum absolute atomic E-state index is 0. The molecule has 0 fully saturated rings. The van der Waals surface area contributed by atoms with Gasteiger partial charge in [0.15, 0.2) is 0 Å². The van der Waals surface area contributed by atoms with Gasteiger partial charge in [0.05, 0.1) is 111 Å². The number of ether oxygens (including phenoxy) is 12. The van der Waals surface area contributed by atoms with E-state index in [1.807, 2.05) is 0 Å². The molecule has 0 atom stereocenters. The van der Waals surface area contributed by atoms with Crippen LogP contribution in [0.3, 0.4) is 0 Å². The maximum Gasteiger partial charge on any atom is 0.403 e. The molecule has 0 amide bonds. The molecule has 47 heavy (non-hydrogen) atoms. The second-order valence-corrected chi connectivity index (χ2v) is 9.74. The maximum absolute atomic E-state index is 10.6. The van der Waals surface area contributed by atoms with Gasteiger partial charge in [-0.05, 0) is 0 Å². The van der Waals surface area contributed by atoms with Crippen LogP contribution in [-0.4, -0.2) is 154 Å². The summed E-state index contributed by atoms with van der Waals surface area (Å²) in [6.45, 7) is 2.76. The third-order valence-electron chi connectivity index (χ3n) is 4.89. The SMILES string of the molecule is C.C.O=C(Cl)OCCOCCOCC(COCCOCCOC(=O)Cl)(COCCOCCOC(=O)Cl)COCCOCCOC(=O)Cl. The van der Waals surface area contributed by atoms with Gasteiger partial charge in [0, 0.05) is 46.4 Å². The maximum atomic E-state index is 10.6. The lowest BCUT2D eigenvalue weighted by Gasteiger charge is -2.33. The molecule has 0 aliphatic rings. The number of rotatable bonds is 32. The molecule has 0 unspecified atom stereocenters. The van der Waals surface area contributed by atoms with Crippen molar-refractivity contribution >= 4 is 68.1 Å². The van der Waals surface area contributed by atoms with Crippen molar-refractivity contribution in [2.75, 3.05) is 132 Å². The van der Waals surface area contributed by atoms with Crippen molar-refractivity contribution in [3.8, 4) is 0 Å². The summed E-state index contributed by atoms with van der Waals surface area (Å²) in [4.78, 5) is 42.5. The Balaban J connectivity index is -0.00000968. The first kappa shape index (κ1) is 50.1. The highest BCUT2D eigenvalue weighted by Crippen LogP contribution is 2.21. The van der Waals surface area contributed by atoms with Gasteiger partial charge in [-0.3, -0.25) is 0 Å². The molecule has 0 rings (SSSR count). The fourth-order valence-corrected chi connectivity index (χ4v) is 3.32. The molecule has 16 nitrogen and oxygen atoms in total. The molecule has 280 valence electrons. The molecule has 0 aromatic carbocycles. The number of carbonyl (C=O) groups excluding carboxylic acids is 4. The predicted molar refractivity (Wildman–Crippen MR) is 171 cm³/mol. The van der Waals surface area contributed by atoms with E-state index in [-0.39, 0.29) is 147 Å². The summed E-state index contributed by atoms with van der Waals surface area (Å²) in [7, 11) is 0. The Hall–Kier alpha value is -1.28. The topological polar surface area (TPSA) is 179 Å². The summed E-state index contributed by atoms with van der Waals surface area (Å²) in [5.74, 6) is 0. The zero-order chi connectivity index (χ0) is 33.4. The Morgan fingerprint density at radius 1 is 0.319 bits per heavy atom. The first-order valence-corrected chi connectivity index (χ1v) is 15.1. The molecule has 0 radical (unpaired) electrons. The van der Waals surface area contributed by atoms with Gasteiger partial charge in [-0.1, -0.05) is 14.9 Å². The zero-order valence-electron chi connectivity index (χ0n) is 24.7. The van der Waals surface area contributed by atoms with E-state index in [0.717, 1.165) is 0 Å². The van der Waals surface area contributed by atoms with Gasteiger partial charge in [0.2, 0.25) is 0 Å². The average molecular weight is 770 g/mol. The van der Waals surface area contributed by atoms with Crippen LogP contribution in [0.5, 0.6) is 0 Å². The number of halogens is 4. The molecule has 20 heteroatoms. The molecule has 0 aliphatic heterocycles. The van der Waals surface area contributed by atoms with Crippen LogP contribution in [-0.2, 0) is 56.8 Å². The average Bonchev–Trinajstić information content (AvgIpc) is 2.97. The molecule has 0 saturated heterocycles. The van der Waals surface area contributed by atoms with Gasteiger partial charge in [-0.25, -0.2) is 19.2 Å². The molecule has 0 spiro atoms. The summed E-state index contributed by atoms with van der Waals surface area (Å²) < 4.78 is 63.2. The van der Waals surface area contributed by atoms with Crippen molar-refractivity contribution in [1.82, 2.24) is 0 Å². The quantitative estimate of drug-likeness (QED) is 0.0513. The van der Waals surface area contributed by atoms with E-state index in [1.54, 1.807) is 0 Å². The van der Waals surface area contributed by atoms with Crippen LogP contribution < -0.4 is 0 Å². The minimum Gasteiger partial charge on any atom is -0.451 e. The molecular formula is C27H48Cl4O16. The van der Waals surface area contributed by atoms with Gasteiger partial charge in [-0.2, -0.15) is 0 Å². The Bertz CT molecular complexity index is 655. The lowest BCUT2D eigenvalue weighted by atomic mass is 9.92. The first-order chi connectivity index (χ1) is 21.7. The first-order valence-electron chi connectivity index (χ1n) is 13.6. The van der Waals surface area contributed by atoms with Gasteiger partial charge in [0.25, 0.3) is 0 Å². The van der Waals surface area contributed by atoms with Gasteiger partial charge >= 0.3 is 21.7 Å². The van der Waals surface area contributed by atoms with Crippen molar-refractivity contribution in [3.63, 3.8) is 0 Å². The Morgan fingerprint density at radius 2 is 0.489 bits per heavy atom. The van der Waals surface area contributed by atoms with E-state index in [0.29, 0.717) is 0 Å². The molecule has 0 saturated carbocycles. The largest absolute Gasteiger partial charge is 0.451 e. The minimum atomic E-state index is -0.920. The lowest BCUT2D eigenvalue weighted by molar-refractivity contribution is -0.122. The van der Waals surface area contributed by atoms with E-state index >= 15 is 0 Å². The number of hydrogen-bond donors (Lipinski definition) is 0. The van der Waals surface area contributed by atoms with Gasteiger partial charge in [0.1, 0.15) is 26.4 Å². The fraction of sp³-hybridized carbons (Fsp3) is 0.852. The standard InChI is InChI=1S/C25H40Cl4O16.2CH4/c26-21(30)42-13-9-34-1-5-38-17-25(18-39-6-2-35-10-14-43-22(27)31,19-40-7-3-36-11-15-44-23(28)32)20-41-8-4-37-12-16-45-24(29)33;;/h1-20H2;2*1H4. The van der Waals surface area contributed by atoms with Crippen molar-refractivity contribution in [2.45, 2.75) is 14.9 Å². The monoisotopic (exact) mass is 768 g/mol. The van der Waals surface area contributed by atoms with Crippen molar-refractivity contribution in [3.05, 3.63) is 0 Å². The lowest BCUT2D eigenvalue weighted by Crippen LogP contribution is -2.43. The molecule has 0 aromatic rings. The van der Waals surface area contributed by atoms with E-state index in [4.69, 9.17) is 84.3 Å². The van der Waals surface area contributed by atoms with Crippen LogP contribution in [0.15, 0.2) is 0 Å². The third-order valence-corrected chi connectivity index (χ3v) is 5.33. The highest BCUT2D eigenvalue weighted by atomic mass is 35.5. The normalized spacial score (nSPS) is 10.8. The number of carbonyl (C=O) groups is 4. The predicted octanol–water partition coefficient (Wildman–Crippen LogP) is 4.88. The summed E-state index contributed by atoms with van der Waals surface area (Å²) in [5.41, 5.74) is -4.48. The Labute approximate surface area is 295 Å². The van der Waals surface area contributed by atoms with Gasteiger partial charge in [-0.15, -0.1) is 0 Å².